The molecule has 5 heteroatoms. The lowest BCUT2D eigenvalue weighted by Gasteiger charge is -1.93. The van der Waals surface area contributed by atoms with Crippen LogP contribution in [0.5, 0.6) is 0 Å². The van der Waals surface area contributed by atoms with Crippen molar-refractivity contribution < 1.29 is 0 Å². The number of alkyl halides is 1. The highest BCUT2D eigenvalue weighted by Crippen LogP contribution is 2.08. The van der Waals surface area contributed by atoms with E-state index in [0.29, 0.717) is 16.7 Å². The van der Waals surface area contributed by atoms with Gasteiger partial charge in [-0.25, -0.2) is 4.98 Å². The number of H-pyrrole nitrogens is 1. The summed E-state index contributed by atoms with van der Waals surface area (Å²) in [5.74, 6) is 1.24. The number of nitrogens with one attached hydrogen (secondary N) is 1. The predicted molar refractivity (Wildman–Crippen MR) is 46.3 cm³/mol. The molecule has 1 heterocycles. The lowest BCUT2D eigenvalue weighted by Crippen LogP contribution is -2.09. The molecule has 0 bridgehead atoms. The van der Waals surface area contributed by atoms with E-state index >= 15 is 0 Å². The van der Waals surface area contributed by atoms with Crippen molar-refractivity contribution >= 4 is 23.4 Å². The van der Waals surface area contributed by atoms with Gasteiger partial charge >= 0.3 is 0 Å². The van der Waals surface area contributed by atoms with Crippen LogP contribution in [0.15, 0.2) is 22.2 Å². The minimum atomic E-state index is -0.150. The fraction of sp³-hybridized carbons (Fsp3) is 0.333. The molecule has 1 rings (SSSR count). The molecule has 1 aromatic rings. The number of hydrogen-bond donors (Lipinski definition) is 1. The lowest BCUT2D eigenvalue weighted by atomic mass is 10.7. The first kappa shape index (κ1) is 8.62. The molecule has 0 aliphatic heterocycles. The lowest BCUT2D eigenvalue weighted by molar-refractivity contribution is 0.998. The van der Waals surface area contributed by atoms with E-state index < -0.39 is 0 Å². The fourth-order valence-electron chi connectivity index (χ4n) is 0.576. The summed E-state index contributed by atoms with van der Waals surface area (Å²) < 4.78 is 0. The van der Waals surface area contributed by atoms with Gasteiger partial charge in [0.1, 0.15) is 0 Å². The fourth-order valence-corrected chi connectivity index (χ4v) is 1.40. The second-order valence-corrected chi connectivity index (χ2v) is 3.22. The first-order valence-corrected chi connectivity index (χ1v) is 4.59. The Labute approximate surface area is 73.2 Å². The highest BCUT2D eigenvalue weighted by atomic mass is 35.5. The Kier molecular flexibility index (Phi) is 3.45. The van der Waals surface area contributed by atoms with Crippen molar-refractivity contribution in [3.8, 4) is 0 Å². The molecule has 1 N–H and O–H groups in total. The topological polar surface area (TPSA) is 45.8 Å². The van der Waals surface area contributed by atoms with Gasteiger partial charge in [-0.05, 0) is 0 Å². The van der Waals surface area contributed by atoms with Crippen LogP contribution in [-0.2, 0) is 0 Å². The van der Waals surface area contributed by atoms with Crippen molar-refractivity contribution in [2.75, 3.05) is 11.6 Å². The van der Waals surface area contributed by atoms with Gasteiger partial charge in [-0.15, -0.1) is 11.6 Å². The predicted octanol–water partition coefficient (Wildman–Crippen LogP) is 1.10. The molecule has 0 aromatic carbocycles. The number of nitrogens with zero attached hydrogens (tertiary/aromatic N) is 1. The summed E-state index contributed by atoms with van der Waals surface area (Å²) in [7, 11) is 0. The summed E-state index contributed by atoms with van der Waals surface area (Å²) >= 11 is 6.80. The zero-order valence-electron chi connectivity index (χ0n) is 5.71. The molecule has 11 heavy (non-hydrogen) atoms. The second kappa shape index (κ2) is 4.41. The molecule has 0 saturated carbocycles. The van der Waals surface area contributed by atoms with E-state index in [1.54, 1.807) is 6.20 Å². The smallest absolute Gasteiger partial charge is 0.280 e. The molecule has 60 valence electrons. The van der Waals surface area contributed by atoms with Crippen LogP contribution in [0.2, 0.25) is 0 Å². The largest absolute Gasteiger partial charge is 0.325 e. The van der Waals surface area contributed by atoms with Gasteiger partial charge in [0.05, 0.1) is 0 Å². The summed E-state index contributed by atoms with van der Waals surface area (Å²) in [4.78, 5) is 17.3. The van der Waals surface area contributed by atoms with E-state index in [4.69, 9.17) is 11.6 Å². The quantitative estimate of drug-likeness (QED) is 0.574. The molecule has 0 fully saturated rings. The Morgan fingerprint density at radius 2 is 2.55 bits per heavy atom. The van der Waals surface area contributed by atoms with Crippen LogP contribution in [-0.4, -0.2) is 21.6 Å². The molecule has 0 atom stereocenters. The van der Waals surface area contributed by atoms with Crippen molar-refractivity contribution in [2.24, 2.45) is 0 Å². The van der Waals surface area contributed by atoms with Gasteiger partial charge in [-0.2, -0.15) is 0 Å². The normalized spacial score (nSPS) is 9.91. The molecule has 1 aromatic heterocycles. The van der Waals surface area contributed by atoms with E-state index in [9.17, 15) is 4.79 Å². The SMILES string of the molecule is O=c1[nH]ccnc1SCCCl. The third-order valence-corrected chi connectivity index (χ3v) is 2.38. The first-order chi connectivity index (χ1) is 5.34. The summed E-state index contributed by atoms with van der Waals surface area (Å²) in [5.41, 5.74) is -0.150. The summed E-state index contributed by atoms with van der Waals surface area (Å²) in [6.07, 6.45) is 3.06. The number of aromatic amines is 1. The van der Waals surface area contributed by atoms with Crippen LogP contribution in [0.25, 0.3) is 0 Å². The van der Waals surface area contributed by atoms with Crippen molar-refractivity contribution in [1.82, 2.24) is 9.97 Å². The molecule has 0 radical (unpaired) electrons. The minimum Gasteiger partial charge on any atom is -0.325 e. The average molecular weight is 191 g/mol. The molecule has 3 nitrogen and oxygen atoms in total. The van der Waals surface area contributed by atoms with E-state index in [1.807, 2.05) is 0 Å². The molecule has 0 unspecified atom stereocenters. The van der Waals surface area contributed by atoms with Gasteiger partial charge in [0.15, 0.2) is 5.03 Å². The van der Waals surface area contributed by atoms with E-state index in [1.165, 1.54) is 18.0 Å². The number of hydrogen-bond acceptors (Lipinski definition) is 3. The van der Waals surface area contributed by atoms with Crippen LogP contribution in [0.4, 0.5) is 0 Å². The maximum Gasteiger partial charge on any atom is 0.280 e. The van der Waals surface area contributed by atoms with Crippen molar-refractivity contribution in [2.45, 2.75) is 5.03 Å². The third kappa shape index (κ3) is 2.55. The molecule has 0 aliphatic carbocycles. The summed E-state index contributed by atoms with van der Waals surface area (Å²) in [6.45, 7) is 0. The molecule has 0 amide bonds. The van der Waals surface area contributed by atoms with E-state index in [2.05, 4.69) is 9.97 Å². The van der Waals surface area contributed by atoms with E-state index in [-0.39, 0.29) is 5.56 Å². The molecule has 0 spiro atoms. The zero-order valence-corrected chi connectivity index (χ0v) is 7.28. The van der Waals surface area contributed by atoms with Crippen LogP contribution in [0, 0.1) is 0 Å². The van der Waals surface area contributed by atoms with Crippen molar-refractivity contribution in [3.63, 3.8) is 0 Å². The molecular weight excluding hydrogens is 184 g/mol. The Morgan fingerprint density at radius 1 is 1.73 bits per heavy atom. The van der Waals surface area contributed by atoms with Crippen LogP contribution in [0.3, 0.4) is 0 Å². The molecular formula is C6H7ClN2OS. The van der Waals surface area contributed by atoms with Gasteiger partial charge in [0.2, 0.25) is 0 Å². The number of thioether (sulfide) groups is 1. The Hall–Kier alpha value is -0.480. The Bertz CT molecular complexity index is 275. The monoisotopic (exact) mass is 190 g/mol. The third-order valence-electron chi connectivity index (χ3n) is 0.991. The van der Waals surface area contributed by atoms with Gasteiger partial charge in [0, 0.05) is 24.0 Å². The van der Waals surface area contributed by atoms with E-state index in [0.717, 1.165) is 0 Å². The molecule has 0 aliphatic rings. The standard InChI is InChI=1S/C6H7ClN2OS/c7-1-4-11-6-5(10)8-2-3-9-6/h2-3H,1,4H2,(H,8,10). The van der Waals surface area contributed by atoms with Crippen LogP contribution < -0.4 is 5.56 Å². The zero-order chi connectivity index (χ0) is 8.10. The minimum absolute atomic E-state index is 0.150. The van der Waals surface area contributed by atoms with Crippen molar-refractivity contribution in [1.29, 1.82) is 0 Å². The van der Waals surface area contributed by atoms with Crippen LogP contribution in [0.1, 0.15) is 0 Å². The second-order valence-electron chi connectivity index (χ2n) is 1.76. The molecule has 0 saturated heterocycles. The number of halogens is 1. The summed E-state index contributed by atoms with van der Waals surface area (Å²) in [6, 6.07) is 0. The van der Waals surface area contributed by atoms with Gasteiger partial charge in [-0.1, -0.05) is 11.8 Å². The maximum atomic E-state index is 10.9. The average Bonchev–Trinajstić information content (AvgIpc) is 2.03. The van der Waals surface area contributed by atoms with Crippen molar-refractivity contribution in [3.05, 3.63) is 22.7 Å². The number of aromatic nitrogens is 2. The summed E-state index contributed by atoms with van der Waals surface area (Å²) in [5, 5.41) is 0.480. The maximum absolute atomic E-state index is 10.9. The van der Waals surface area contributed by atoms with Gasteiger partial charge < -0.3 is 4.98 Å². The van der Waals surface area contributed by atoms with Gasteiger partial charge in [-0.3, -0.25) is 4.79 Å². The number of rotatable bonds is 3. The van der Waals surface area contributed by atoms with Crippen LogP contribution >= 0.6 is 23.4 Å². The highest BCUT2D eigenvalue weighted by molar-refractivity contribution is 7.99. The Balaban J connectivity index is 2.70. The van der Waals surface area contributed by atoms with Gasteiger partial charge in [0.25, 0.3) is 5.56 Å². The Morgan fingerprint density at radius 3 is 3.18 bits per heavy atom. The first-order valence-electron chi connectivity index (χ1n) is 3.07. The highest BCUT2D eigenvalue weighted by Gasteiger charge is 1.98.